The number of sulfonamides is 1. The fraction of sp³-hybridized carbons (Fsp3) is 0.556. The minimum Gasteiger partial charge on any atom is -0.370 e. The maximum absolute atomic E-state index is 12.3. The second kappa shape index (κ2) is 9.70. The van der Waals surface area contributed by atoms with Crippen molar-refractivity contribution in [3.8, 4) is 0 Å². The van der Waals surface area contributed by atoms with Gasteiger partial charge in [0.25, 0.3) is 0 Å². The van der Waals surface area contributed by atoms with Crippen LogP contribution in [0.25, 0.3) is 0 Å². The molecule has 160 valence electrons. The van der Waals surface area contributed by atoms with E-state index in [1.54, 1.807) is 16.8 Å². The van der Waals surface area contributed by atoms with E-state index in [0.717, 1.165) is 29.5 Å². The third-order valence-electron chi connectivity index (χ3n) is 4.44. The van der Waals surface area contributed by atoms with Crippen LogP contribution in [0, 0.1) is 6.92 Å². The quantitative estimate of drug-likeness (QED) is 0.380. The normalized spacial score (nSPS) is 18.2. The van der Waals surface area contributed by atoms with Crippen molar-refractivity contribution in [2.24, 2.45) is 12.0 Å². The van der Waals surface area contributed by atoms with Crippen molar-refractivity contribution in [1.29, 1.82) is 0 Å². The zero-order chi connectivity index (χ0) is 20.9. The molecule has 0 amide bonds. The third kappa shape index (κ3) is 5.78. The smallest absolute Gasteiger partial charge is 0.250 e. The van der Waals surface area contributed by atoms with Crippen LogP contribution in [0.3, 0.4) is 0 Å². The van der Waals surface area contributed by atoms with Gasteiger partial charge >= 0.3 is 0 Å². The molecule has 1 saturated heterocycles. The van der Waals surface area contributed by atoms with Crippen LogP contribution in [-0.4, -0.2) is 68.4 Å². The first-order chi connectivity index (χ1) is 13.9. The van der Waals surface area contributed by atoms with E-state index < -0.39 is 10.0 Å². The Hall–Kier alpha value is -1.95. The molecular formula is C18H28N6O3S2. The van der Waals surface area contributed by atoms with Crippen molar-refractivity contribution in [1.82, 2.24) is 24.7 Å². The van der Waals surface area contributed by atoms with Gasteiger partial charge in [-0.05, 0) is 26.0 Å². The summed E-state index contributed by atoms with van der Waals surface area (Å²) in [6.07, 6.45) is 3.71. The average molecular weight is 441 g/mol. The van der Waals surface area contributed by atoms with Gasteiger partial charge in [0.2, 0.25) is 10.0 Å². The fourth-order valence-corrected chi connectivity index (χ4v) is 5.39. The summed E-state index contributed by atoms with van der Waals surface area (Å²) in [5.74, 6) is 0.760. The summed E-state index contributed by atoms with van der Waals surface area (Å²) in [6.45, 7) is 7.20. The lowest BCUT2D eigenvalue weighted by Gasteiger charge is -2.34. The number of ether oxygens (including phenoxy) is 1. The van der Waals surface area contributed by atoms with Gasteiger partial charge in [-0.1, -0.05) is 0 Å². The monoisotopic (exact) mass is 440 g/mol. The van der Waals surface area contributed by atoms with Crippen molar-refractivity contribution in [2.45, 2.75) is 24.2 Å². The summed E-state index contributed by atoms with van der Waals surface area (Å²) in [4.78, 5) is 7.71. The van der Waals surface area contributed by atoms with Gasteiger partial charge in [0.15, 0.2) is 5.96 Å². The molecule has 1 unspecified atom stereocenters. The highest BCUT2D eigenvalue weighted by Crippen LogP contribution is 2.22. The Kier molecular flexibility index (Phi) is 7.28. The third-order valence-corrected chi connectivity index (χ3v) is 7.40. The molecule has 2 N–H and O–H groups in total. The molecule has 2 aromatic heterocycles. The Morgan fingerprint density at radius 3 is 2.93 bits per heavy atom. The average Bonchev–Trinajstić information content (AvgIpc) is 3.33. The summed E-state index contributed by atoms with van der Waals surface area (Å²) in [5, 5.41) is 7.50. The van der Waals surface area contributed by atoms with E-state index in [0.29, 0.717) is 23.9 Å². The molecule has 0 bridgehead atoms. The minimum atomic E-state index is -3.48. The standard InChI is InChI=1S/C18H28N6O3S2/c1-4-19-18(20-7-8-22-29(25,26)17-6-5-14(2)28-17)24-9-10-27-16(13-24)15-11-21-23(3)12-15/h5-6,11-12,16,22H,4,7-10,13H2,1-3H3,(H,19,20). The Morgan fingerprint density at radius 2 is 2.28 bits per heavy atom. The van der Waals surface area contributed by atoms with E-state index in [9.17, 15) is 8.42 Å². The highest BCUT2D eigenvalue weighted by Gasteiger charge is 2.25. The van der Waals surface area contributed by atoms with Crippen LogP contribution in [0.5, 0.6) is 0 Å². The summed E-state index contributed by atoms with van der Waals surface area (Å²) < 4.78 is 35.2. The molecule has 11 heteroatoms. The minimum absolute atomic E-state index is 0.0677. The molecule has 0 aromatic carbocycles. The van der Waals surface area contributed by atoms with Gasteiger partial charge < -0.3 is 15.0 Å². The van der Waals surface area contributed by atoms with E-state index in [1.807, 2.05) is 33.3 Å². The molecule has 0 aliphatic carbocycles. The molecule has 29 heavy (non-hydrogen) atoms. The first-order valence-electron chi connectivity index (χ1n) is 9.58. The number of thiophene rings is 1. The van der Waals surface area contributed by atoms with Crippen molar-refractivity contribution < 1.29 is 13.2 Å². The number of aliphatic imine (C=N–C) groups is 1. The van der Waals surface area contributed by atoms with Gasteiger partial charge in [0, 0.05) is 43.3 Å². The molecule has 1 aliphatic heterocycles. The van der Waals surface area contributed by atoms with Gasteiger partial charge in [-0.15, -0.1) is 11.3 Å². The Balaban J connectivity index is 1.59. The van der Waals surface area contributed by atoms with Gasteiger partial charge in [0.1, 0.15) is 10.3 Å². The topological polar surface area (TPSA) is 101 Å². The van der Waals surface area contributed by atoms with Crippen LogP contribution in [0.4, 0.5) is 0 Å². The van der Waals surface area contributed by atoms with E-state index in [1.165, 1.54) is 11.3 Å². The van der Waals surface area contributed by atoms with Crippen molar-refractivity contribution in [3.63, 3.8) is 0 Å². The van der Waals surface area contributed by atoms with Crippen molar-refractivity contribution in [3.05, 3.63) is 35.0 Å². The highest BCUT2D eigenvalue weighted by molar-refractivity contribution is 7.91. The van der Waals surface area contributed by atoms with Gasteiger partial charge in [0.05, 0.1) is 25.9 Å². The van der Waals surface area contributed by atoms with Crippen molar-refractivity contribution >= 4 is 27.3 Å². The maximum Gasteiger partial charge on any atom is 0.250 e. The van der Waals surface area contributed by atoms with E-state index in [4.69, 9.17) is 4.74 Å². The van der Waals surface area contributed by atoms with E-state index in [2.05, 4.69) is 25.0 Å². The van der Waals surface area contributed by atoms with Crippen LogP contribution in [0.15, 0.2) is 33.7 Å². The zero-order valence-corrected chi connectivity index (χ0v) is 18.6. The van der Waals surface area contributed by atoms with Crippen molar-refractivity contribution in [2.75, 3.05) is 39.3 Å². The Labute approximate surface area is 175 Å². The van der Waals surface area contributed by atoms with Crippen LogP contribution in [0.1, 0.15) is 23.5 Å². The number of morpholine rings is 1. The molecular weight excluding hydrogens is 412 g/mol. The summed E-state index contributed by atoms with van der Waals surface area (Å²) in [6, 6.07) is 3.43. The Morgan fingerprint density at radius 1 is 1.45 bits per heavy atom. The fourth-order valence-electron chi connectivity index (χ4n) is 3.05. The molecule has 0 saturated carbocycles. The van der Waals surface area contributed by atoms with E-state index >= 15 is 0 Å². The lowest BCUT2D eigenvalue weighted by molar-refractivity contribution is -0.00803. The highest BCUT2D eigenvalue weighted by atomic mass is 32.2. The number of aryl methyl sites for hydroxylation is 2. The molecule has 1 fully saturated rings. The number of guanidine groups is 1. The molecule has 1 atom stereocenters. The van der Waals surface area contributed by atoms with Crippen LogP contribution in [0.2, 0.25) is 0 Å². The maximum atomic E-state index is 12.3. The molecule has 0 spiro atoms. The first-order valence-corrected chi connectivity index (χ1v) is 11.9. The number of hydrogen-bond acceptors (Lipinski definition) is 6. The second-order valence-electron chi connectivity index (χ2n) is 6.75. The number of hydrogen-bond donors (Lipinski definition) is 2. The zero-order valence-electron chi connectivity index (χ0n) is 17.0. The predicted molar refractivity (Wildman–Crippen MR) is 114 cm³/mol. The van der Waals surface area contributed by atoms with Gasteiger partial charge in [-0.3, -0.25) is 9.67 Å². The number of nitrogens with one attached hydrogen (secondary N) is 2. The lowest BCUT2D eigenvalue weighted by atomic mass is 10.1. The molecule has 9 nitrogen and oxygen atoms in total. The van der Waals surface area contributed by atoms with Gasteiger partial charge in [-0.2, -0.15) is 5.10 Å². The summed E-state index contributed by atoms with van der Waals surface area (Å²) in [7, 11) is -1.60. The molecule has 2 aromatic rings. The molecule has 3 rings (SSSR count). The number of aromatic nitrogens is 2. The van der Waals surface area contributed by atoms with Gasteiger partial charge in [-0.25, -0.2) is 13.1 Å². The summed E-state index contributed by atoms with van der Waals surface area (Å²) in [5.41, 5.74) is 1.03. The van der Waals surface area contributed by atoms with Crippen LogP contribution in [-0.2, 0) is 21.8 Å². The van der Waals surface area contributed by atoms with Crippen LogP contribution < -0.4 is 10.0 Å². The number of rotatable bonds is 7. The SMILES string of the molecule is CCNC(=NCCNS(=O)(=O)c1ccc(C)s1)N1CCOC(c2cnn(C)c2)C1. The second-order valence-corrected chi connectivity index (χ2v) is 10.0. The molecule has 0 radical (unpaired) electrons. The lowest BCUT2D eigenvalue weighted by Crippen LogP contribution is -2.48. The largest absolute Gasteiger partial charge is 0.370 e. The molecule has 1 aliphatic rings. The summed E-state index contributed by atoms with van der Waals surface area (Å²) >= 11 is 1.26. The number of nitrogens with zero attached hydrogens (tertiary/aromatic N) is 4. The first kappa shape index (κ1) is 21.8. The van der Waals surface area contributed by atoms with E-state index in [-0.39, 0.29) is 12.6 Å². The predicted octanol–water partition coefficient (Wildman–Crippen LogP) is 1.11. The van der Waals surface area contributed by atoms with Crippen LogP contribution >= 0.6 is 11.3 Å². The Bertz CT molecular complexity index is 937. The molecule has 3 heterocycles.